The van der Waals surface area contributed by atoms with E-state index in [2.05, 4.69) is 5.32 Å². The van der Waals surface area contributed by atoms with E-state index >= 15 is 0 Å². The van der Waals surface area contributed by atoms with Crippen LogP contribution in [0.4, 0.5) is 4.79 Å². The van der Waals surface area contributed by atoms with E-state index in [-0.39, 0.29) is 11.8 Å². The molecule has 1 N–H and O–H groups in total. The number of carbonyl (C=O) groups excluding carboxylic acids is 1. The lowest BCUT2D eigenvalue weighted by Gasteiger charge is -2.06. The minimum Gasteiger partial charge on any atom is -0.363 e. The smallest absolute Gasteiger partial charge is 0.261 e. The first-order chi connectivity index (χ1) is 5.06. The molecule has 0 unspecified atom stereocenters. The Hall–Kier alpha value is -0.725. The fourth-order valence-electron chi connectivity index (χ4n) is 0.728. The molecule has 0 saturated heterocycles. The average molecular weight is 153 g/mol. The maximum absolute atomic E-state index is 11.1. The number of hydrogen-bond donors (Lipinski definition) is 1. The Morgan fingerprint density at radius 3 is 2.45 bits per heavy atom. The second-order valence-electron chi connectivity index (χ2n) is 3.03. The molecule has 0 aromatic rings. The molecule has 0 fully saturated rings. The molecule has 62 valence electrons. The van der Waals surface area contributed by atoms with E-state index in [1.807, 2.05) is 33.8 Å². The second kappa shape index (κ2) is 5.00. The highest BCUT2D eigenvalue weighted by Gasteiger charge is 2.04. The van der Waals surface area contributed by atoms with E-state index in [0.29, 0.717) is 7.28 Å². The number of rotatable bonds is 3. The van der Waals surface area contributed by atoms with Gasteiger partial charge in [-0.25, -0.2) is 0 Å². The zero-order valence-electron chi connectivity index (χ0n) is 7.77. The molecular formula is C8H16BNO. The number of hydrogen-bond acceptors (Lipinski definition) is 1. The fourth-order valence-corrected chi connectivity index (χ4v) is 0.728. The third-order valence-corrected chi connectivity index (χ3v) is 1.38. The van der Waals surface area contributed by atoms with Gasteiger partial charge in [0.25, 0.3) is 7.28 Å². The van der Waals surface area contributed by atoms with Gasteiger partial charge in [-0.3, -0.25) is 4.79 Å². The third-order valence-electron chi connectivity index (χ3n) is 1.38. The van der Waals surface area contributed by atoms with Gasteiger partial charge in [0.05, 0.1) is 0 Å². The van der Waals surface area contributed by atoms with Crippen molar-refractivity contribution < 1.29 is 4.79 Å². The van der Waals surface area contributed by atoms with E-state index in [4.69, 9.17) is 0 Å². The van der Waals surface area contributed by atoms with Crippen molar-refractivity contribution in [3.05, 3.63) is 11.5 Å². The molecule has 0 aromatic carbocycles. The van der Waals surface area contributed by atoms with Crippen LogP contribution in [-0.2, 0) is 0 Å². The Labute approximate surface area is 69.3 Å². The van der Waals surface area contributed by atoms with Gasteiger partial charge < -0.3 is 5.32 Å². The van der Waals surface area contributed by atoms with Crippen LogP contribution >= 0.6 is 0 Å². The summed E-state index contributed by atoms with van der Waals surface area (Å²) in [6, 6.07) is 0.243. The fraction of sp³-hybridized carbons (Fsp3) is 0.625. The lowest BCUT2D eigenvalue weighted by atomic mass is 9.69. The van der Waals surface area contributed by atoms with Crippen LogP contribution in [0, 0.1) is 0 Å². The van der Waals surface area contributed by atoms with E-state index in [0.717, 1.165) is 5.47 Å². The van der Waals surface area contributed by atoms with E-state index in [1.165, 1.54) is 0 Å². The normalized spacial score (nSPS) is 11.5. The highest BCUT2D eigenvalue weighted by atomic mass is 16.1. The van der Waals surface area contributed by atoms with Crippen LogP contribution in [0.3, 0.4) is 0 Å². The molecule has 0 aliphatic carbocycles. The average Bonchev–Trinajstić information content (AvgIpc) is 1.85. The second-order valence-corrected chi connectivity index (χ2v) is 3.03. The standard InChI is InChI=1S/C8H16BNO/c1-5-7(4)9-8(11)10-6(2)3/h5-6,9H,1-4H3,(H,10,11)/b7-5-. The Morgan fingerprint density at radius 2 is 2.09 bits per heavy atom. The summed E-state index contributed by atoms with van der Waals surface area (Å²) in [6.45, 7) is 7.82. The molecule has 1 amide bonds. The zero-order valence-corrected chi connectivity index (χ0v) is 7.77. The molecule has 0 aliphatic rings. The van der Waals surface area contributed by atoms with Crippen molar-refractivity contribution in [1.82, 2.24) is 5.32 Å². The van der Waals surface area contributed by atoms with Crippen LogP contribution in [0.5, 0.6) is 0 Å². The zero-order chi connectivity index (χ0) is 8.85. The number of allylic oxidation sites excluding steroid dienone is 2. The van der Waals surface area contributed by atoms with Gasteiger partial charge in [0.2, 0.25) is 0 Å². The molecule has 0 bridgehead atoms. The molecule has 0 spiro atoms. The molecule has 2 nitrogen and oxygen atoms in total. The highest BCUT2D eigenvalue weighted by Crippen LogP contribution is 1.89. The quantitative estimate of drug-likeness (QED) is 0.611. The summed E-state index contributed by atoms with van der Waals surface area (Å²) in [5, 5.41) is 2.83. The van der Waals surface area contributed by atoms with E-state index in [1.54, 1.807) is 0 Å². The predicted molar refractivity (Wildman–Crippen MR) is 50.2 cm³/mol. The Morgan fingerprint density at radius 1 is 1.55 bits per heavy atom. The molecule has 0 rings (SSSR count). The van der Waals surface area contributed by atoms with Gasteiger partial charge in [-0.05, 0) is 20.8 Å². The summed E-state index contributed by atoms with van der Waals surface area (Å²) in [5.41, 5.74) is 1.11. The first kappa shape index (κ1) is 10.3. The van der Waals surface area contributed by atoms with Crippen LogP contribution in [0.1, 0.15) is 27.7 Å². The van der Waals surface area contributed by atoms with Crippen molar-refractivity contribution in [2.24, 2.45) is 0 Å². The van der Waals surface area contributed by atoms with Gasteiger partial charge >= 0.3 is 0 Å². The minimum atomic E-state index is 0.107. The Balaban J connectivity index is 3.70. The molecule has 0 radical (unpaired) electrons. The largest absolute Gasteiger partial charge is 0.363 e. The van der Waals surface area contributed by atoms with Gasteiger partial charge in [-0.1, -0.05) is 13.0 Å². The van der Waals surface area contributed by atoms with Gasteiger partial charge in [0.15, 0.2) is 5.81 Å². The van der Waals surface area contributed by atoms with E-state index in [9.17, 15) is 4.79 Å². The molecule has 0 heterocycles. The molecule has 0 saturated carbocycles. The van der Waals surface area contributed by atoms with Gasteiger partial charge in [-0.2, -0.15) is 0 Å². The van der Waals surface area contributed by atoms with Crippen molar-refractivity contribution in [1.29, 1.82) is 0 Å². The summed E-state index contributed by atoms with van der Waals surface area (Å²) >= 11 is 0. The van der Waals surface area contributed by atoms with Crippen LogP contribution in [0.2, 0.25) is 0 Å². The lowest BCUT2D eigenvalue weighted by Crippen LogP contribution is -2.33. The maximum atomic E-state index is 11.1. The first-order valence-corrected chi connectivity index (χ1v) is 3.97. The van der Waals surface area contributed by atoms with Crippen molar-refractivity contribution in [2.75, 3.05) is 0 Å². The van der Waals surface area contributed by atoms with Crippen molar-refractivity contribution in [3.8, 4) is 0 Å². The van der Waals surface area contributed by atoms with Crippen LogP contribution in [0.25, 0.3) is 0 Å². The molecule has 11 heavy (non-hydrogen) atoms. The van der Waals surface area contributed by atoms with Crippen molar-refractivity contribution >= 4 is 13.1 Å². The third kappa shape index (κ3) is 5.71. The number of amides is 1. The monoisotopic (exact) mass is 153 g/mol. The predicted octanol–water partition coefficient (Wildman–Crippen LogP) is 1.46. The summed E-state index contributed by atoms with van der Waals surface area (Å²) in [7, 11) is 0.522. The SMILES string of the molecule is C/C=C(/C)BC(=O)NC(C)C. The lowest BCUT2D eigenvalue weighted by molar-refractivity contribution is 0.257. The summed E-state index contributed by atoms with van der Waals surface area (Å²) in [4.78, 5) is 11.1. The van der Waals surface area contributed by atoms with Crippen LogP contribution < -0.4 is 5.32 Å². The van der Waals surface area contributed by atoms with Gasteiger partial charge in [0, 0.05) is 6.04 Å². The number of nitrogens with one attached hydrogen (secondary N) is 1. The molecule has 0 aromatic heterocycles. The molecular weight excluding hydrogens is 137 g/mol. The topological polar surface area (TPSA) is 29.1 Å². The molecule has 0 atom stereocenters. The highest BCUT2D eigenvalue weighted by molar-refractivity contribution is 6.78. The summed E-state index contributed by atoms with van der Waals surface area (Å²) in [5.74, 6) is 0.107. The van der Waals surface area contributed by atoms with Crippen molar-refractivity contribution in [2.45, 2.75) is 33.7 Å². The van der Waals surface area contributed by atoms with Crippen LogP contribution in [0.15, 0.2) is 11.5 Å². The van der Waals surface area contributed by atoms with E-state index < -0.39 is 0 Å². The molecule has 0 aliphatic heterocycles. The number of carbonyl (C=O) groups is 1. The Bertz CT molecular complexity index is 163. The van der Waals surface area contributed by atoms with Gasteiger partial charge in [0.1, 0.15) is 0 Å². The van der Waals surface area contributed by atoms with Gasteiger partial charge in [-0.15, -0.1) is 5.47 Å². The maximum Gasteiger partial charge on any atom is 0.261 e. The summed E-state index contributed by atoms with van der Waals surface area (Å²) in [6.07, 6.45) is 1.96. The molecule has 3 heteroatoms. The Kier molecular flexibility index (Phi) is 4.67. The van der Waals surface area contributed by atoms with Crippen molar-refractivity contribution in [3.63, 3.8) is 0 Å². The van der Waals surface area contributed by atoms with Crippen LogP contribution in [-0.4, -0.2) is 19.1 Å². The summed E-state index contributed by atoms with van der Waals surface area (Å²) < 4.78 is 0. The minimum absolute atomic E-state index is 0.107. The first-order valence-electron chi connectivity index (χ1n) is 3.97.